The van der Waals surface area contributed by atoms with E-state index in [1.54, 1.807) is 37.3 Å². The van der Waals surface area contributed by atoms with Crippen molar-refractivity contribution in [1.82, 2.24) is 47.0 Å². The summed E-state index contributed by atoms with van der Waals surface area (Å²) in [4.78, 5) is 267. The molecule has 0 saturated carbocycles. The van der Waals surface area contributed by atoms with E-state index < -0.39 is 109 Å². The summed E-state index contributed by atoms with van der Waals surface area (Å²) in [5.41, 5.74) is 7.94. The third-order valence-electron chi connectivity index (χ3n) is 18.6. The standard InChI is InChI=1S/C31H31N3O6S2.C24H23NO2S.C17H16N2O3S.C11H11NO3S.C9H9NO4S.C7H11NO4S.C7H11NO3S/c1-21(35)32-27(38)19-41-30(29(40)33-22(2)36)34(23(3)37)28(39)20-42-31(24-13-7-4-8-14-24,25-15-9-5-10-16-25)26-17-11-6-12-18-26;1-19(26)25(2)23(27)18-28-24(20-12-6-3-7-13-20,21-14-8-4-9-15-21)22-16-10-5-11-17-22;1-13(20)18-16(21)12-23-17(22)19(14-8-4-2-5-9-14)15-10-6-3-7-11-15;1-8(13)12-10(14)7-16-11(15)9-5-3-2-4-6-9;1-6(11)15-5-8(12)10-9(13)7-3-2-4-14-7;1-3-12-7(11)13-4-6(10)8-5(2)9;1-5(9)8-7(11)3-4-12-6(2)10/h4-18,30H,19-20H2,1-3H3,(H,32,35,38)(H,33,36,40);3-17H,18H2,1-2H3;2-11H,12H2,1H3,(H,18,20,21);2-6H,7H2,1H3,(H,12,13,14);2-4H,5H2,1H3,(H,10,12,13);3-4H2,1-2H3,(H,8,9,10);3-4H2,1-2H3,(H,8,9,11). The molecular weight excluding hydrogens is 2070 g/mol. The SMILES string of the molecule is CC(=O)N(C)C(=O)CSC(c1ccccc1)(c1ccccc1)c1ccccc1.CC(=O)NC(=O)CCSC(C)=O.CC(=O)NC(=O)CSC(=O)N(c1ccccc1)c1ccccc1.CC(=O)NC(=O)CSC(=O)c1ccccc1.CC(=O)NC(=O)CSC(C(=O)NC(C)=O)N(C(C)=O)C(=O)CSC(c1ccccc1)(c1ccccc1)c1ccccc1.CC(=O)SCC(=O)NC(=O)c1ccco1.CCOC(=O)SCC(=O)NC(C)=O. The highest BCUT2D eigenvalue weighted by atomic mass is 32.2. The quantitative estimate of drug-likeness (QED) is 0.0114. The molecule has 1 aromatic heterocycles. The van der Waals surface area contributed by atoms with E-state index >= 15 is 0 Å². The molecule has 0 aliphatic carbocycles. The molecule has 1 unspecified atom stereocenters. The molecule has 149 heavy (non-hydrogen) atoms. The minimum Gasteiger partial charge on any atom is -0.459 e. The highest BCUT2D eigenvalue weighted by molar-refractivity contribution is 8.15. The van der Waals surface area contributed by atoms with Gasteiger partial charge in [0.2, 0.25) is 99.6 Å². The van der Waals surface area contributed by atoms with Crippen molar-refractivity contribution in [3.8, 4) is 0 Å². The minimum absolute atomic E-state index is 0.0226. The summed E-state index contributed by atoms with van der Waals surface area (Å²) in [6.07, 6.45) is 1.54. The lowest BCUT2D eigenvalue weighted by Crippen LogP contribution is -2.52. The predicted octanol–water partition coefficient (Wildman–Crippen LogP) is 14.4. The summed E-state index contributed by atoms with van der Waals surface area (Å²) in [5.74, 6) is -9.69. The Hall–Kier alpha value is -14.7. The topological polar surface area (TPSA) is 509 Å². The number of furan rings is 1. The van der Waals surface area contributed by atoms with Crippen LogP contribution in [0.2, 0.25) is 0 Å². The van der Waals surface area contributed by atoms with Gasteiger partial charge in [-0.3, -0.25) is 157 Å². The minimum atomic E-state index is -1.53. The zero-order valence-corrected chi connectivity index (χ0v) is 89.7. The highest BCUT2D eigenvalue weighted by Gasteiger charge is 2.42. The monoisotopic (exact) mass is 2180 g/mol. The number of hydrogen-bond acceptors (Lipinski definition) is 33. The van der Waals surface area contributed by atoms with E-state index in [0.717, 1.165) is 118 Å². The van der Waals surface area contributed by atoms with Gasteiger partial charge in [0, 0.05) is 105 Å². The second-order valence-corrected chi connectivity index (χ2v) is 39.0. The van der Waals surface area contributed by atoms with Gasteiger partial charge in [0.1, 0.15) is 0 Å². The number of hydrogen-bond donors (Lipinski definition) is 7. The smallest absolute Gasteiger partial charge is 0.367 e. The lowest BCUT2D eigenvalue weighted by molar-refractivity contribution is -0.147. The molecule has 10 aromatic rings. The summed E-state index contributed by atoms with van der Waals surface area (Å²) < 4.78 is 7.91. The first-order valence-corrected chi connectivity index (χ1v) is 52.8. The first-order valence-electron chi connectivity index (χ1n) is 44.8. The van der Waals surface area contributed by atoms with Crippen molar-refractivity contribution >= 4 is 238 Å². The van der Waals surface area contributed by atoms with Crippen LogP contribution in [0.15, 0.2) is 296 Å². The van der Waals surface area contributed by atoms with Gasteiger partial charge in [0.05, 0.1) is 62.6 Å². The van der Waals surface area contributed by atoms with Crippen LogP contribution in [0.4, 0.5) is 21.0 Å². The summed E-state index contributed by atoms with van der Waals surface area (Å²) in [6, 6.07) is 89.6. The molecule has 0 bridgehead atoms. The van der Waals surface area contributed by atoms with Crippen LogP contribution in [0.3, 0.4) is 0 Å². The molecule has 0 saturated heterocycles. The molecule has 1 atom stereocenters. The number of thioether (sulfide) groups is 8. The molecule has 0 aliphatic rings. The van der Waals surface area contributed by atoms with E-state index in [1.807, 2.05) is 218 Å². The Morgan fingerprint density at radius 3 is 0.987 bits per heavy atom. The number of rotatable bonds is 33. The molecule has 7 N–H and O–H groups in total. The van der Waals surface area contributed by atoms with Crippen molar-refractivity contribution in [1.29, 1.82) is 0 Å². The summed E-state index contributed by atoms with van der Waals surface area (Å²) in [7, 11) is 1.53. The Kier molecular flexibility index (Phi) is 59.0. The fourth-order valence-electron chi connectivity index (χ4n) is 12.4. The third-order valence-corrected chi connectivity index (χ3v) is 26.9. The van der Waals surface area contributed by atoms with Crippen LogP contribution in [0, 0.1) is 0 Å². The van der Waals surface area contributed by atoms with Crippen LogP contribution in [0.25, 0.3) is 0 Å². The number of ether oxygens (including phenoxy) is 1. The number of benzene rings is 9. The fourth-order valence-corrected chi connectivity index (χ4v) is 19.0. The molecule has 1 heterocycles. The van der Waals surface area contributed by atoms with Crippen LogP contribution in [0.1, 0.15) is 137 Å². The Labute approximate surface area is 895 Å². The number of amides is 19. The van der Waals surface area contributed by atoms with Crippen LogP contribution in [-0.4, -0.2) is 207 Å². The van der Waals surface area contributed by atoms with Crippen molar-refractivity contribution in [2.24, 2.45) is 0 Å². The first-order chi connectivity index (χ1) is 70.9. The van der Waals surface area contributed by atoms with Crippen LogP contribution in [0.5, 0.6) is 0 Å². The molecular formula is C106H112N10O25S8. The molecule has 19 amide bonds. The number of anilines is 2. The first kappa shape index (κ1) is 127. The van der Waals surface area contributed by atoms with Gasteiger partial charge in [-0.2, -0.15) is 0 Å². The average Bonchev–Trinajstić information content (AvgIpc) is 1.29. The molecule has 35 nitrogen and oxygen atoms in total. The number of imide groups is 9. The van der Waals surface area contributed by atoms with Crippen molar-refractivity contribution < 1.29 is 119 Å². The predicted molar refractivity (Wildman–Crippen MR) is 581 cm³/mol. The van der Waals surface area contributed by atoms with E-state index in [9.17, 15) is 110 Å². The fraction of sp³-hybridized carbons (Fsp3) is 0.236. The summed E-state index contributed by atoms with van der Waals surface area (Å²) >= 11 is 7.85. The van der Waals surface area contributed by atoms with Gasteiger partial charge in [-0.25, -0.2) is 4.79 Å². The van der Waals surface area contributed by atoms with Crippen molar-refractivity contribution in [2.45, 2.75) is 97.4 Å². The Balaban J connectivity index is 0.000000380. The maximum absolute atomic E-state index is 13.8. The molecule has 0 aliphatic heterocycles. The Morgan fingerprint density at radius 2 is 0.651 bits per heavy atom. The van der Waals surface area contributed by atoms with Gasteiger partial charge < -0.3 is 9.15 Å². The van der Waals surface area contributed by atoms with Crippen LogP contribution >= 0.6 is 94.1 Å². The zero-order valence-electron chi connectivity index (χ0n) is 83.2. The van der Waals surface area contributed by atoms with Crippen LogP contribution in [-0.2, 0) is 105 Å². The number of para-hydroxylation sites is 2. The lowest BCUT2D eigenvalue weighted by atomic mass is 9.84. The summed E-state index contributed by atoms with van der Waals surface area (Å²) in [6.45, 7) is 14.6. The average molecular weight is 2180 g/mol. The third kappa shape index (κ3) is 48.2. The van der Waals surface area contributed by atoms with E-state index in [4.69, 9.17) is 4.42 Å². The normalized spacial score (nSPS) is 10.4. The molecule has 0 fully saturated rings. The van der Waals surface area contributed by atoms with Gasteiger partial charge in [-0.05, 0) is 88.5 Å². The van der Waals surface area contributed by atoms with Crippen molar-refractivity contribution in [3.63, 3.8) is 0 Å². The largest absolute Gasteiger partial charge is 0.459 e. The van der Waals surface area contributed by atoms with E-state index in [0.29, 0.717) is 34.5 Å². The second kappa shape index (κ2) is 69.4. The second-order valence-electron chi connectivity index (χ2n) is 30.3. The van der Waals surface area contributed by atoms with Crippen LogP contribution < -0.4 is 42.1 Å². The van der Waals surface area contributed by atoms with Gasteiger partial charge in [-0.15, -0.1) is 35.3 Å². The molecule has 43 heteroatoms. The maximum atomic E-state index is 13.8. The number of carbonyl (C=O) groups excluding carboxylic acids is 23. The Bertz CT molecular complexity index is 5950. The molecule has 784 valence electrons. The summed E-state index contributed by atoms with van der Waals surface area (Å²) in [5, 5.41) is 12.0. The lowest BCUT2D eigenvalue weighted by Gasteiger charge is -2.36. The number of nitrogens with one attached hydrogen (secondary N) is 7. The number of carbonyl (C=O) groups is 23. The van der Waals surface area contributed by atoms with Gasteiger partial charge in [-0.1, -0.05) is 296 Å². The van der Waals surface area contributed by atoms with E-state index in [2.05, 4.69) is 73.0 Å². The van der Waals surface area contributed by atoms with Gasteiger partial charge >= 0.3 is 5.30 Å². The molecule has 0 spiro atoms. The van der Waals surface area contributed by atoms with Gasteiger partial charge in [0.15, 0.2) is 21.4 Å². The van der Waals surface area contributed by atoms with Crippen molar-refractivity contribution in [2.75, 3.05) is 64.6 Å². The maximum Gasteiger partial charge on any atom is 0.367 e. The number of nitrogens with zero attached hydrogens (tertiary/aromatic N) is 3. The molecule has 10 rings (SSSR count). The Morgan fingerprint density at radius 1 is 0.329 bits per heavy atom. The zero-order chi connectivity index (χ0) is 110. The van der Waals surface area contributed by atoms with Crippen molar-refractivity contribution in [3.05, 3.63) is 336 Å². The molecule has 9 aromatic carbocycles. The highest BCUT2D eigenvalue weighted by Crippen LogP contribution is 2.50. The van der Waals surface area contributed by atoms with E-state index in [-0.39, 0.29) is 97.5 Å². The molecule has 0 radical (unpaired) electrons. The van der Waals surface area contributed by atoms with Gasteiger partial charge in [0.25, 0.3) is 17.1 Å². The van der Waals surface area contributed by atoms with E-state index in [1.165, 1.54) is 101 Å².